The van der Waals surface area contributed by atoms with Crippen molar-refractivity contribution < 1.29 is 9.47 Å². The maximum atomic E-state index is 5.53. The minimum atomic E-state index is 0.367. The molecule has 0 aliphatic rings. The van der Waals surface area contributed by atoms with Crippen LogP contribution in [-0.4, -0.2) is 17.1 Å². The molecule has 0 spiro atoms. The van der Waals surface area contributed by atoms with Crippen molar-refractivity contribution in [3.63, 3.8) is 0 Å². The van der Waals surface area contributed by atoms with E-state index >= 15 is 0 Å². The van der Waals surface area contributed by atoms with Crippen LogP contribution in [0.4, 0.5) is 0 Å². The van der Waals surface area contributed by atoms with Gasteiger partial charge in [0.05, 0.1) is 25.2 Å². The molecule has 1 aromatic carbocycles. The van der Waals surface area contributed by atoms with E-state index in [0.29, 0.717) is 18.2 Å². The van der Waals surface area contributed by atoms with Crippen LogP contribution in [0, 0.1) is 0 Å². The zero-order valence-electron chi connectivity index (χ0n) is 9.46. The number of nitrogens with zero attached hydrogens (tertiary/aromatic N) is 2. The first-order valence-electron chi connectivity index (χ1n) is 5.14. The SMILES string of the molecule is COc1cccc(Oc2cnc(CN)cn2)c1. The van der Waals surface area contributed by atoms with Gasteiger partial charge in [0.15, 0.2) is 0 Å². The molecule has 0 aliphatic heterocycles. The molecule has 0 aliphatic carbocycles. The Labute approximate surface area is 99.2 Å². The van der Waals surface area contributed by atoms with Crippen molar-refractivity contribution >= 4 is 0 Å². The average Bonchev–Trinajstić information content (AvgIpc) is 2.40. The smallest absolute Gasteiger partial charge is 0.237 e. The van der Waals surface area contributed by atoms with E-state index in [-0.39, 0.29) is 0 Å². The summed E-state index contributed by atoms with van der Waals surface area (Å²) in [6.45, 7) is 0.367. The van der Waals surface area contributed by atoms with Gasteiger partial charge in [-0.15, -0.1) is 0 Å². The van der Waals surface area contributed by atoms with Gasteiger partial charge in [0.25, 0.3) is 0 Å². The predicted molar refractivity (Wildman–Crippen MR) is 63.0 cm³/mol. The van der Waals surface area contributed by atoms with Gasteiger partial charge in [-0.05, 0) is 12.1 Å². The third kappa shape index (κ3) is 2.92. The highest BCUT2D eigenvalue weighted by Gasteiger charge is 2.01. The molecule has 2 aromatic rings. The van der Waals surface area contributed by atoms with Crippen molar-refractivity contribution in [1.82, 2.24) is 9.97 Å². The molecule has 0 amide bonds. The summed E-state index contributed by atoms with van der Waals surface area (Å²) >= 11 is 0. The lowest BCUT2D eigenvalue weighted by molar-refractivity contribution is 0.407. The molecule has 0 bridgehead atoms. The molecule has 88 valence electrons. The Kier molecular flexibility index (Phi) is 3.52. The van der Waals surface area contributed by atoms with Crippen LogP contribution in [0.3, 0.4) is 0 Å². The van der Waals surface area contributed by atoms with Crippen LogP contribution < -0.4 is 15.2 Å². The van der Waals surface area contributed by atoms with Gasteiger partial charge in [-0.3, -0.25) is 4.98 Å². The van der Waals surface area contributed by atoms with Gasteiger partial charge in [0.2, 0.25) is 5.88 Å². The molecule has 0 atom stereocenters. The fraction of sp³-hybridized carbons (Fsp3) is 0.167. The number of aromatic nitrogens is 2. The molecule has 5 heteroatoms. The summed E-state index contributed by atoms with van der Waals surface area (Å²) in [5, 5.41) is 0. The Morgan fingerprint density at radius 1 is 1.18 bits per heavy atom. The van der Waals surface area contributed by atoms with E-state index in [1.54, 1.807) is 25.6 Å². The zero-order chi connectivity index (χ0) is 12.1. The lowest BCUT2D eigenvalue weighted by Gasteiger charge is -2.06. The second kappa shape index (κ2) is 5.27. The third-order valence-electron chi connectivity index (χ3n) is 2.15. The van der Waals surface area contributed by atoms with Crippen LogP contribution in [0.2, 0.25) is 0 Å². The summed E-state index contributed by atoms with van der Waals surface area (Å²) < 4.78 is 10.6. The van der Waals surface area contributed by atoms with Gasteiger partial charge >= 0.3 is 0 Å². The topological polar surface area (TPSA) is 70.3 Å². The summed E-state index contributed by atoms with van der Waals surface area (Å²) in [5.41, 5.74) is 6.16. The van der Waals surface area contributed by atoms with E-state index in [1.165, 1.54) is 0 Å². The fourth-order valence-electron chi connectivity index (χ4n) is 1.29. The average molecular weight is 231 g/mol. The van der Waals surface area contributed by atoms with E-state index < -0.39 is 0 Å². The van der Waals surface area contributed by atoms with Crippen molar-refractivity contribution in [3.8, 4) is 17.4 Å². The number of rotatable bonds is 4. The van der Waals surface area contributed by atoms with Crippen molar-refractivity contribution in [1.29, 1.82) is 0 Å². The highest BCUT2D eigenvalue weighted by atomic mass is 16.5. The number of hydrogen-bond acceptors (Lipinski definition) is 5. The molecule has 2 N–H and O–H groups in total. The maximum Gasteiger partial charge on any atom is 0.237 e. The standard InChI is InChI=1S/C12H13N3O2/c1-16-10-3-2-4-11(5-10)17-12-8-14-9(6-13)7-15-12/h2-5,7-8H,6,13H2,1H3. The van der Waals surface area contributed by atoms with Crippen molar-refractivity contribution in [3.05, 3.63) is 42.4 Å². The highest BCUT2D eigenvalue weighted by molar-refractivity contribution is 5.34. The summed E-state index contributed by atoms with van der Waals surface area (Å²) in [6.07, 6.45) is 3.14. The number of ether oxygens (including phenoxy) is 2. The predicted octanol–water partition coefficient (Wildman–Crippen LogP) is 1.74. The Balaban J connectivity index is 2.13. The molecular formula is C12H13N3O2. The minimum absolute atomic E-state index is 0.367. The Morgan fingerprint density at radius 3 is 2.65 bits per heavy atom. The first kappa shape index (κ1) is 11.3. The van der Waals surface area contributed by atoms with Crippen LogP contribution >= 0.6 is 0 Å². The lowest BCUT2D eigenvalue weighted by atomic mass is 10.3. The van der Waals surface area contributed by atoms with E-state index in [9.17, 15) is 0 Å². The first-order valence-corrected chi connectivity index (χ1v) is 5.14. The zero-order valence-corrected chi connectivity index (χ0v) is 9.46. The molecule has 17 heavy (non-hydrogen) atoms. The second-order valence-electron chi connectivity index (χ2n) is 3.33. The number of benzene rings is 1. The van der Waals surface area contributed by atoms with Crippen LogP contribution in [0.25, 0.3) is 0 Å². The molecule has 5 nitrogen and oxygen atoms in total. The molecule has 0 fully saturated rings. The Morgan fingerprint density at radius 2 is 2.00 bits per heavy atom. The van der Waals surface area contributed by atoms with E-state index in [2.05, 4.69) is 9.97 Å². The molecule has 0 saturated heterocycles. The first-order chi connectivity index (χ1) is 8.31. The van der Waals surface area contributed by atoms with Crippen LogP contribution in [0.5, 0.6) is 17.4 Å². The molecule has 2 rings (SSSR count). The third-order valence-corrected chi connectivity index (χ3v) is 2.15. The van der Waals surface area contributed by atoms with Gasteiger partial charge in [-0.25, -0.2) is 4.98 Å². The van der Waals surface area contributed by atoms with Gasteiger partial charge < -0.3 is 15.2 Å². The van der Waals surface area contributed by atoms with Crippen LogP contribution in [-0.2, 0) is 6.54 Å². The van der Waals surface area contributed by atoms with E-state index in [1.807, 2.05) is 18.2 Å². The molecule has 0 unspecified atom stereocenters. The number of nitrogens with two attached hydrogens (primary N) is 1. The summed E-state index contributed by atoms with van der Waals surface area (Å²) in [6, 6.07) is 7.28. The number of methoxy groups -OCH3 is 1. The maximum absolute atomic E-state index is 5.53. The van der Waals surface area contributed by atoms with Gasteiger partial charge in [-0.2, -0.15) is 0 Å². The monoisotopic (exact) mass is 231 g/mol. The normalized spacial score (nSPS) is 10.0. The molecule has 1 heterocycles. The van der Waals surface area contributed by atoms with Crippen LogP contribution in [0.15, 0.2) is 36.7 Å². The van der Waals surface area contributed by atoms with Gasteiger partial charge in [0, 0.05) is 12.6 Å². The highest BCUT2D eigenvalue weighted by Crippen LogP contribution is 2.23. The van der Waals surface area contributed by atoms with Gasteiger partial charge in [0.1, 0.15) is 11.5 Å². The number of hydrogen-bond donors (Lipinski definition) is 1. The summed E-state index contributed by atoms with van der Waals surface area (Å²) in [7, 11) is 1.61. The largest absolute Gasteiger partial charge is 0.497 e. The Bertz CT molecular complexity index is 485. The Hall–Kier alpha value is -2.14. The van der Waals surface area contributed by atoms with E-state index in [0.717, 1.165) is 11.4 Å². The fourth-order valence-corrected chi connectivity index (χ4v) is 1.29. The molecule has 0 radical (unpaired) electrons. The second-order valence-corrected chi connectivity index (χ2v) is 3.33. The van der Waals surface area contributed by atoms with E-state index in [4.69, 9.17) is 15.2 Å². The summed E-state index contributed by atoms with van der Waals surface area (Å²) in [4.78, 5) is 8.19. The minimum Gasteiger partial charge on any atom is -0.497 e. The quantitative estimate of drug-likeness (QED) is 0.867. The van der Waals surface area contributed by atoms with Crippen molar-refractivity contribution in [2.24, 2.45) is 5.73 Å². The van der Waals surface area contributed by atoms with Crippen LogP contribution in [0.1, 0.15) is 5.69 Å². The molecular weight excluding hydrogens is 218 g/mol. The molecule has 1 aromatic heterocycles. The lowest BCUT2D eigenvalue weighted by Crippen LogP contribution is -2.00. The summed E-state index contributed by atoms with van der Waals surface area (Å²) in [5.74, 6) is 1.81. The van der Waals surface area contributed by atoms with Gasteiger partial charge in [-0.1, -0.05) is 6.07 Å². The molecule has 0 saturated carbocycles. The van der Waals surface area contributed by atoms with Crippen molar-refractivity contribution in [2.45, 2.75) is 6.54 Å². The van der Waals surface area contributed by atoms with Crippen molar-refractivity contribution in [2.75, 3.05) is 7.11 Å².